The van der Waals surface area contributed by atoms with Crippen molar-refractivity contribution in [2.24, 2.45) is 0 Å². The van der Waals surface area contributed by atoms with Crippen molar-refractivity contribution in [3.63, 3.8) is 0 Å². The van der Waals surface area contributed by atoms with E-state index in [0.717, 1.165) is 29.4 Å². The van der Waals surface area contributed by atoms with Gasteiger partial charge in [-0.15, -0.1) is 0 Å². The lowest BCUT2D eigenvalue weighted by Crippen LogP contribution is -2.27. The molecule has 0 atom stereocenters. The summed E-state index contributed by atoms with van der Waals surface area (Å²) in [5, 5.41) is 0.210. The van der Waals surface area contributed by atoms with Crippen LogP contribution in [0.5, 0.6) is 5.75 Å². The lowest BCUT2D eigenvalue weighted by Gasteiger charge is -2.12. The zero-order valence-corrected chi connectivity index (χ0v) is 18.6. The number of rotatable bonds is 3. The Morgan fingerprint density at radius 1 is 1.16 bits per heavy atom. The monoisotopic (exact) mass is 597 g/mol. The minimum absolute atomic E-state index is 0.335. The highest BCUT2D eigenvalue weighted by Gasteiger charge is 2.36. The number of benzene rings is 2. The van der Waals surface area contributed by atoms with Gasteiger partial charge < -0.3 is 4.74 Å². The molecular weight excluding hydrogens is 588 g/mol. The van der Waals surface area contributed by atoms with Gasteiger partial charge in [0.15, 0.2) is 0 Å². The van der Waals surface area contributed by atoms with E-state index >= 15 is 0 Å². The highest BCUT2D eigenvalue weighted by Crippen LogP contribution is 2.38. The van der Waals surface area contributed by atoms with Crippen LogP contribution >= 0.6 is 68.5 Å². The second kappa shape index (κ2) is 7.85. The van der Waals surface area contributed by atoms with Crippen molar-refractivity contribution in [3.8, 4) is 5.75 Å². The van der Waals surface area contributed by atoms with Gasteiger partial charge >= 0.3 is 0 Å². The number of methoxy groups -OCH3 is 1. The third-order valence-corrected chi connectivity index (χ3v) is 5.95. The number of hydrogen-bond donors (Lipinski definition) is 0. The lowest BCUT2D eigenvalue weighted by molar-refractivity contribution is -0.113. The van der Waals surface area contributed by atoms with E-state index in [0.29, 0.717) is 21.4 Å². The van der Waals surface area contributed by atoms with Crippen LogP contribution in [0.3, 0.4) is 0 Å². The van der Waals surface area contributed by atoms with Crippen LogP contribution in [0.1, 0.15) is 5.56 Å². The third kappa shape index (κ3) is 3.99. The lowest BCUT2D eigenvalue weighted by atomic mass is 10.2. The standard InChI is InChI=1S/C17H10ClI2NO3S/c1-24-15-9(6-11(19)8-13(15)20)7-14-16(22)21(17(23)25-14)12-4-2-10(18)3-5-12/h2-8H,1H3/b14-7-. The number of imide groups is 1. The van der Waals surface area contributed by atoms with Crippen LogP contribution in [0.2, 0.25) is 5.02 Å². The topological polar surface area (TPSA) is 46.6 Å². The Bertz CT molecular complexity index is 900. The first-order valence-corrected chi connectivity index (χ1v) is 10.3. The quantitative estimate of drug-likeness (QED) is 0.332. The molecule has 0 aromatic heterocycles. The van der Waals surface area contributed by atoms with E-state index in [-0.39, 0.29) is 11.1 Å². The number of carbonyl (C=O) groups excluding carboxylic acids is 2. The summed E-state index contributed by atoms with van der Waals surface area (Å²) in [7, 11) is 1.58. The van der Waals surface area contributed by atoms with E-state index in [9.17, 15) is 9.59 Å². The first-order chi connectivity index (χ1) is 11.9. The van der Waals surface area contributed by atoms with E-state index in [1.807, 2.05) is 12.1 Å². The van der Waals surface area contributed by atoms with Crippen molar-refractivity contribution < 1.29 is 14.3 Å². The Morgan fingerprint density at radius 3 is 2.48 bits per heavy atom. The number of nitrogens with zero attached hydrogens (tertiary/aromatic N) is 1. The van der Waals surface area contributed by atoms with Gasteiger partial charge in [0.25, 0.3) is 11.1 Å². The van der Waals surface area contributed by atoms with Gasteiger partial charge in [-0.1, -0.05) is 11.6 Å². The summed E-state index contributed by atoms with van der Waals surface area (Å²) in [4.78, 5) is 26.5. The van der Waals surface area contributed by atoms with Crippen molar-refractivity contribution in [1.82, 2.24) is 0 Å². The summed E-state index contributed by atoms with van der Waals surface area (Å²) in [6, 6.07) is 10.5. The number of halogens is 3. The molecule has 2 aromatic carbocycles. The Morgan fingerprint density at radius 2 is 1.84 bits per heavy atom. The molecule has 0 saturated carbocycles. The molecule has 3 rings (SSSR count). The fourth-order valence-electron chi connectivity index (χ4n) is 2.32. The zero-order valence-electron chi connectivity index (χ0n) is 12.8. The average molecular weight is 598 g/mol. The predicted octanol–water partition coefficient (Wildman–Crippen LogP) is 5.80. The molecule has 1 aliphatic rings. The Kier molecular flexibility index (Phi) is 5.96. The maximum atomic E-state index is 12.7. The van der Waals surface area contributed by atoms with E-state index in [2.05, 4.69) is 45.2 Å². The van der Waals surface area contributed by atoms with Crippen LogP contribution in [-0.4, -0.2) is 18.3 Å². The summed E-state index contributed by atoms with van der Waals surface area (Å²) in [5.74, 6) is 0.326. The first kappa shape index (κ1) is 19.0. The van der Waals surface area contributed by atoms with Crippen molar-refractivity contribution in [1.29, 1.82) is 0 Å². The van der Waals surface area contributed by atoms with E-state index < -0.39 is 0 Å². The highest BCUT2D eigenvalue weighted by atomic mass is 127. The summed E-state index contributed by atoms with van der Waals surface area (Å²) in [5.41, 5.74) is 1.26. The second-order valence-corrected chi connectivity index (χ2v) is 8.84. The molecule has 0 aliphatic carbocycles. The minimum atomic E-state index is -0.353. The molecule has 2 aromatic rings. The smallest absolute Gasteiger partial charge is 0.298 e. The van der Waals surface area contributed by atoms with Crippen molar-refractivity contribution >= 4 is 91.5 Å². The zero-order chi connectivity index (χ0) is 18.1. The summed E-state index contributed by atoms with van der Waals surface area (Å²) >= 11 is 11.2. The van der Waals surface area contributed by atoms with Crippen LogP contribution in [-0.2, 0) is 4.79 Å². The number of hydrogen-bond acceptors (Lipinski definition) is 4. The van der Waals surface area contributed by atoms with Gasteiger partial charge in [-0.05, 0) is 99.4 Å². The maximum Gasteiger partial charge on any atom is 0.298 e. The molecule has 0 spiro atoms. The molecule has 1 saturated heterocycles. The molecule has 0 radical (unpaired) electrons. The van der Waals surface area contributed by atoms with Crippen LogP contribution < -0.4 is 9.64 Å². The molecule has 1 fully saturated rings. The van der Waals surface area contributed by atoms with E-state index in [4.69, 9.17) is 16.3 Å². The molecule has 8 heteroatoms. The van der Waals surface area contributed by atoms with Gasteiger partial charge in [0, 0.05) is 14.2 Å². The molecule has 0 bridgehead atoms. The summed E-state index contributed by atoms with van der Waals surface area (Å²) in [6.45, 7) is 0. The minimum Gasteiger partial charge on any atom is -0.495 e. The fourth-order valence-corrected chi connectivity index (χ4v) is 5.39. The molecule has 0 N–H and O–H groups in total. The van der Waals surface area contributed by atoms with Crippen LogP contribution in [0, 0.1) is 7.14 Å². The van der Waals surface area contributed by atoms with Gasteiger partial charge in [0.1, 0.15) is 5.75 Å². The number of anilines is 1. The van der Waals surface area contributed by atoms with Gasteiger partial charge in [0.2, 0.25) is 0 Å². The van der Waals surface area contributed by atoms with Crippen molar-refractivity contribution in [3.05, 3.63) is 59.0 Å². The number of ether oxygens (including phenoxy) is 1. The largest absolute Gasteiger partial charge is 0.495 e. The normalized spacial score (nSPS) is 16.0. The average Bonchev–Trinajstić information content (AvgIpc) is 2.82. The summed E-state index contributed by atoms with van der Waals surface area (Å²) in [6.07, 6.45) is 1.70. The molecule has 128 valence electrons. The van der Waals surface area contributed by atoms with Crippen LogP contribution in [0.25, 0.3) is 6.08 Å². The number of carbonyl (C=O) groups is 2. The Labute approximate surface area is 181 Å². The van der Waals surface area contributed by atoms with E-state index in [1.165, 1.54) is 0 Å². The van der Waals surface area contributed by atoms with E-state index in [1.54, 1.807) is 37.5 Å². The Balaban J connectivity index is 2.00. The molecule has 25 heavy (non-hydrogen) atoms. The highest BCUT2D eigenvalue weighted by molar-refractivity contribution is 14.1. The van der Waals surface area contributed by atoms with Crippen LogP contribution in [0.4, 0.5) is 10.5 Å². The predicted molar refractivity (Wildman–Crippen MR) is 118 cm³/mol. The van der Waals surface area contributed by atoms with Crippen LogP contribution in [0.15, 0.2) is 41.3 Å². The van der Waals surface area contributed by atoms with Gasteiger partial charge in [-0.3, -0.25) is 9.59 Å². The molecule has 1 heterocycles. The second-order valence-electron chi connectivity index (χ2n) is 5.00. The molecule has 2 amide bonds. The van der Waals surface area contributed by atoms with Crippen molar-refractivity contribution in [2.75, 3.05) is 12.0 Å². The number of thioether (sulfide) groups is 1. The Hall–Kier alpha value is -0.780. The number of amides is 2. The van der Waals surface area contributed by atoms with Gasteiger partial charge in [-0.2, -0.15) is 0 Å². The summed E-state index contributed by atoms with van der Waals surface area (Å²) < 4.78 is 7.40. The first-order valence-electron chi connectivity index (χ1n) is 6.97. The molecular formula is C17H10ClI2NO3S. The SMILES string of the molecule is COc1c(I)cc(I)cc1/C=C1\SC(=O)N(c2ccc(Cl)cc2)C1=O. The molecule has 4 nitrogen and oxygen atoms in total. The van der Waals surface area contributed by atoms with Gasteiger partial charge in [0.05, 0.1) is 21.3 Å². The maximum absolute atomic E-state index is 12.7. The van der Waals surface area contributed by atoms with Gasteiger partial charge in [-0.25, -0.2) is 4.90 Å². The third-order valence-electron chi connectivity index (χ3n) is 3.41. The molecule has 0 unspecified atom stereocenters. The molecule has 1 aliphatic heterocycles. The fraction of sp³-hybridized carbons (Fsp3) is 0.0588. The van der Waals surface area contributed by atoms with Crippen molar-refractivity contribution in [2.45, 2.75) is 0 Å².